The van der Waals surface area contributed by atoms with Gasteiger partial charge >= 0.3 is 12.0 Å². The van der Waals surface area contributed by atoms with Gasteiger partial charge in [0.2, 0.25) is 0 Å². The van der Waals surface area contributed by atoms with Crippen LogP contribution in [0.1, 0.15) is 38.3 Å². The Kier molecular flexibility index (Phi) is 5.54. The second kappa shape index (κ2) is 6.93. The molecule has 1 aromatic rings. The molecule has 1 rings (SSSR count). The lowest BCUT2D eigenvalue weighted by atomic mass is 10.1. The third kappa shape index (κ3) is 3.72. The summed E-state index contributed by atoms with van der Waals surface area (Å²) in [6, 6.07) is -1.39. The van der Waals surface area contributed by atoms with Crippen molar-refractivity contribution in [3.05, 3.63) is 18.0 Å². The highest BCUT2D eigenvalue weighted by molar-refractivity contribution is 5.83. The smallest absolute Gasteiger partial charge is 0.331 e. The summed E-state index contributed by atoms with van der Waals surface area (Å²) in [6.45, 7) is 3.99. The fourth-order valence-electron chi connectivity index (χ4n) is 2.10. The Bertz CT molecular complexity index is 468. The molecule has 0 spiro atoms. The van der Waals surface area contributed by atoms with Crippen LogP contribution < -0.4 is 5.32 Å². The largest absolute Gasteiger partial charge is 0.479 e. The molecule has 1 heterocycles. The van der Waals surface area contributed by atoms with Gasteiger partial charge in [0.15, 0.2) is 6.04 Å². The number of aliphatic carboxylic acids is 1. The SMILES string of the molecule is CCC(CC)N(C)C(=O)NC(C(=O)O)c1cnn(C)c1. The first-order valence-electron chi connectivity index (χ1n) is 6.65. The minimum Gasteiger partial charge on any atom is -0.479 e. The van der Waals surface area contributed by atoms with Gasteiger partial charge in [0, 0.05) is 31.9 Å². The third-order valence-electron chi connectivity index (χ3n) is 3.38. The van der Waals surface area contributed by atoms with E-state index in [1.54, 1.807) is 25.2 Å². The van der Waals surface area contributed by atoms with E-state index < -0.39 is 18.0 Å². The number of urea groups is 1. The third-order valence-corrected chi connectivity index (χ3v) is 3.38. The summed E-state index contributed by atoms with van der Waals surface area (Å²) in [5, 5.41) is 15.7. The second-order valence-corrected chi connectivity index (χ2v) is 4.75. The summed E-state index contributed by atoms with van der Waals surface area (Å²) in [4.78, 5) is 25.0. The molecule has 0 aliphatic carbocycles. The van der Waals surface area contributed by atoms with Crippen LogP contribution in [0.2, 0.25) is 0 Å². The number of hydrogen-bond donors (Lipinski definition) is 2. The summed E-state index contributed by atoms with van der Waals surface area (Å²) in [6.07, 6.45) is 4.67. The molecule has 0 saturated carbocycles. The molecule has 7 heteroatoms. The molecule has 1 aromatic heterocycles. The van der Waals surface area contributed by atoms with E-state index in [1.807, 2.05) is 13.8 Å². The molecule has 2 N–H and O–H groups in total. The summed E-state index contributed by atoms with van der Waals surface area (Å²) >= 11 is 0. The fourth-order valence-corrected chi connectivity index (χ4v) is 2.10. The Morgan fingerprint density at radius 2 is 2.05 bits per heavy atom. The maximum absolute atomic E-state index is 12.1. The van der Waals surface area contributed by atoms with Crippen molar-refractivity contribution < 1.29 is 14.7 Å². The monoisotopic (exact) mass is 282 g/mol. The minimum absolute atomic E-state index is 0.0957. The van der Waals surface area contributed by atoms with Gasteiger partial charge in [0.05, 0.1) is 6.20 Å². The molecule has 1 unspecified atom stereocenters. The Labute approximate surface area is 118 Å². The number of carboxylic acids is 1. The predicted octanol–water partition coefficient (Wildman–Crippen LogP) is 1.38. The topological polar surface area (TPSA) is 87.5 Å². The number of hydrogen-bond acceptors (Lipinski definition) is 3. The van der Waals surface area contributed by atoms with Crippen molar-refractivity contribution in [1.29, 1.82) is 0 Å². The number of carbonyl (C=O) groups excluding carboxylic acids is 1. The number of carbonyl (C=O) groups is 2. The van der Waals surface area contributed by atoms with E-state index in [2.05, 4.69) is 10.4 Å². The molecular formula is C13H22N4O3. The predicted molar refractivity (Wildman–Crippen MR) is 74.2 cm³/mol. The maximum atomic E-state index is 12.1. The maximum Gasteiger partial charge on any atom is 0.331 e. The number of nitrogens with one attached hydrogen (secondary N) is 1. The van der Waals surface area contributed by atoms with Crippen molar-refractivity contribution in [3.63, 3.8) is 0 Å². The van der Waals surface area contributed by atoms with E-state index in [0.29, 0.717) is 5.56 Å². The molecule has 0 aromatic carbocycles. The molecule has 0 bridgehead atoms. The van der Waals surface area contributed by atoms with Crippen molar-refractivity contribution >= 4 is 12.0 Å². The molecule has 0 aliphatic rings. The highest BCUT2D eigenvalue weighted by atomic mass is 16.4. The Morgan fingerprint density at radius 3 is 2.45 bits per heavy atom. The van der Waals surface area contributed by atoms with Gasteiger partial charge in [0.1, 0.15) is 0 Å². The van der Waals surface area contributed by atoms with Gasteiger partial charge in [0.25, 0.3) is 0 Å². The molecule has 0 radical (unpaired) electrons. The molecule has 0 fully saturated rings. The lowest BCUT2D eigenvalue weighted by molar-refractivity contribution is -0.139. The van der Waals surface area contributed by atoms with Gasteiger partial charge in [-0.3, -0.25) is 4.68 Å². The van der Waals surface area contributed by atoms with Gasteiger partial charge in [-0.25, -0.2) is 9.59 Å². The van der Waals surface area contributed by atoms with Gasteiger partial charge in [-0.15, -0.1) is 0 Å². The zero-order chi connectivity index (χ0) is 15.3. The van der Waals surface area contributed by atoms with Crippen molar-refractivity contribution in [2.75, 3.05) is 7.05 Å². The first kappa shape index (κ1) is 16.0. The highest BCUT2D eigenvalue weighted by Gasteiger charge is 2.26. The molecule has 7 nitrogen and oxygen atoms in total. The number of carboxylic acid groups (broad SMARTS) is 1. The van der Waals surface area contributed by atoms with Crippen LogP contribution in [0.3, 0.4) is 0 Å². The Morgan fingerprint density at radius 1 is 1.45 bits per heavy atom. The number of aromatic nitrogens is 2. The molecule has 0 aliphatic heterocycles. The van der Waals surface area contributed by atoms with E-state index in [9.17, 15) is 14.7 Å². The van der Waals surface area contributed by atoms with Crippen LogP contribution in [0.25, 0.3) is 0 Å². The van der Waals surface area contributed by atoms with Crippen LogP contribution in [0.5, 0.6) is 0 Å². The van der Waals surface area contributed by atoms with Crippen molar-refractivity contribution in [2.45, 2.75) is 38.8 Å². The van der Waals surface area contributed by atoms with E-state index in [4.69, 9.17) is 0 Å². The minimum atomic E-state index is -1.11. The van der Waals surface area contributed by atoms with Crippen molar-refractivity contribution in [3.8, 4) is 0 Å². The van der Waals surface area contributed by atoms with E-state index in [1.165, 1.54) is 10.9 Å². The fraction of sp³-hybridized carbons (Fsp3) is 0.615. The number of nitrogens with zero attached hydrogens (tertiary/aromatic N) is 3. The summed E-state index contributed by atoms with van der Waals surface area (Å²) in [5.74, 6) is -1.11. The van der Waals surface area contributed by atoms with E-state index >= 15 is 0 Å². The van der Waals surface area contributed by atoms with Crippen LogP contribution in [-0.2, 0) is 11.8 Å². The van der Waals surface area contributed by atoms with Crippen molar-refractivity contribution in [1.82, 2.24) is 20.0 Å². The highest BCUT2D eigenvalue weighted by Crippen LogP contribution is 2.14. The van der Waals surface area contributed by atoms with Crippen LogP contribution in [0.4, 0.5) is 4.79 Å². The summed E-state index contributed by atoms with van der Waals surface area (Å²) in [5.41, 5.74) is 0.450. The van der Waals surface area contributed by atoms with Crippen molar-refractivity contribution in [2.24, 2.45) is 7.05 Å². The lowest BCUT2D eigenvalue weighted by Crippen LogP contribution is -2.46. The normalized spacial score (nSPS) is 12.2. The van der Waals surface area contributed by atoms with E-state index in [0.717, 1.165) is 12.8 Å². The first-order valence-corrected chi connectivity index (χ1v) is 6.65. The first-order chi connectivity index (χ1) is 9.40. The molecule has 112 valence electrons. The molecule has 1 atom stereocenters. The molecular weight excluding hydrogens is 260 g/mol. The quantitative estimate of drug-likeness (QED) is 0.825. The number of rotatable bonds is 6. The zero-order valence-corrected chi connectivity index (χ0v) is 12.3. The standard InChI is InChI=1S/C13H22N4O3/c1-5-10(6-2)17(4)13(20)15-11(12(18)19)9-7-14-16(3)8-9/h7-8,10-11H,5-6H2,1-4H3,(H,15,20)(H,18,19). The average Bonchev–Trinajstić information content (AvgIpc) is 2.82. The number of aryl methyl sites for hydroxylation is 1. The molecule has 0 saturated heterocycles. The molecule has 20 heavy (non-hydrogen) atoms. The van der Waals surface area contributed by atoms with Crippen LogP contribution in [0, 0.1) is 0 Å². The number of amides is 2. The summed E-state index contributed by atoms with van der Waals surface area (Å²) in [7, 11) is 3.37. The Balaban J connectivity index is 2.81. The van der Waals surface area contributed by atoms with Gasteiger partial charge in [-0.1, -0.05) is 13.8 Å². The summed E-state index contributed by atoms with van der Waals surface area (Å²) < 4.78 is 1.50. The van der Waals surface area contributed by atoms with E-state index in [-0.39, 0.29) is 6.04 Å². The lowest BCUT2D eigenvalue weighted by Gasteiger charge is -2.27. The Hall–Kier alpha value is -2.05. The zero-order valence-electron chi connectivity index (χ0n) is 12.3. The van der Waals surface area contributed by atoms with Crippen LogP contribution in [0.15, 0.2) is 12.4 Å². The molecule has 2 amide bonds. The van der Waals surface area contributed by atoms with Crippen LogP contribution in [-0.4, -0.2) is 44.9 Å². The van der Waals surface area contributed by atoms with Gasteiger partial charge in [-0.05, 0) is 12.8 Å². The second-order valence-electron chi connectivity index (χ2n) is 4.75. The van der Waals surface area contributed by atoms with Crippen LogP contribution >= 0.6 is 0 Å². The van der Waals surface area contributed by atoms with Gasteiger partial charge < -0.3 is 15.3 Å². The van der Waals surface area contributed by atoms with Gasteiger partial charge in [-0.2, -0.15) is 5.10 Å². The average molecular weight is 282 g/mol.